The molecule has 2 amide bonds. The summed E-state index contributed by atoms with van der Waals surface area (Å²) in [5.74, 6) is 0.278. The first-order valence-electron chi connectivity index (χ1n) is 8.50. The van der Waals surface area contributed by atoms with E-state index >= 15 is 0 Å². The number of nitrogens with zero attached hydrogens (tertiary/aromatic N) is 1. The fourth-order valence-electron chi connectivity index (χ4n) is 2.36. The number of ether oxygens (including phenoxy) is 2. The van der Waals surface area contributed by atoms with Crippen molar-refractivity contribution in [1.29, 1.82) is 0 Å². The molecule has 0 aliphatic carbocycles. The second kappa shape index (κ2) is 9.01. The lowest BCUT2D eigenvalue weighted by molar-refractivity contribution is -0.122. The van der Waals surface area contributed by atoms with Gasteiger partial charge in [-0.3, -0.25) is 10.1 Å². The standard InChI is InChI=1S/C20H19N3O4S/c1-13(27-15-11-7-4-8-12-15)17(24)22-18-16(14-9-5-3-6-10-14)21-19(28-18)23-20(25)26-2/h3-13H,1-2H3,(H,22,24)(H,21,23,25). The number of hydrogen-bond acceptors (Lipinski definition) is 6. The van der Waals surface area contributed by atoms with Crippen molar-refractivity contribution >= 4 is 33.5 Å². The number of carbonyl (C=O) groups is 2. The summed E-state index contributed by atoms with van der Waals surface area (Å²) in [4.78, 5) is 28.5. The lowest BCUT2D eigenvalue weighted by atomic mass is 10.1. The highest BCUT2D eigenvalue weighted by Gasteiger charge is 2.21. The number of rotatable bonds is 6. The molecule has 0 aliphatic rings. The SMILES string of the molecule is COC(=O)Nc1nc(-c2ccccc2)c(NC(=O)C(C)Oc2ccccc2)s1. The third-order valence-electron chi connectivity index (χ3n) is 3.73. The number of hydrogen-bond donors (Lipinski definition) is 2. The van der Waals surface area contributed by atoms with Crippen molar-refractivity contribution in [1.82, 2.24) is 4.98 Å². The predicted molar refractivity (Wildman–Crippen MR) is 109 cm³/mol. The number of anilines is 2. The quantitative estimate of drug-likeness (QED) is 0.644. The lowest BCUT2D eigenvalue weighted by Gasteiger charge is -2.14. The summed E-state index contributed by atoms with van der Waals surface area (Å²) in [5.41, 5.74) is 1.36. The van der Waals surface area contributed by atoms with Crippen LogP contribution in [0.3, 0.4) is 0 Å². The van der Waals surface area contributed by atoms with Crippen LogP contribution in [-0.2, 0) is 9.53 Å². The number of methoxy groups -OCH3 is 1. The molecule has 1 aromatic heterocycles. The molecule has 0 aliphatic heterocycles. The van der Waals surface area contributed by atoms with Crippen LogP contribution in [0.1, 0.15) is 6.92 Å². The Hall–Kier alpha value is -3.39. The van der Waals surface area contributed by atoms with E-state index in [-0.39, 0.29) is 5.91 Å². The van der Waals surface area contributed by atoms with Crippen LogP contribution in [0.25, 0.3) is 11.3 Å². The molecule has 8 heteroatoms. The van der Waals surface area contributed by atoms with Crippen LogP contribution in [0.15, 0.2) is 60.7 Å². The highest BCUT2D eigenvalue weighted by molar-refractivity contribution is 7.20. The van der Waals surface area contributed by atoms with Gasteiger partial charge >= 0.3 is 6.09 Å². The maximum absolute atomic E-state index is 12.6. The van der Waals surface area contributed by atoms with E-state index < -0.39 is 12.2 Å². The van der Waals surface area contributed by atoms with E-state index in [1.165, 1.54) is 7.11 Å². The van der Waals surface area contributed by atoms with E-state index in [0.717, 1.165) is 16.9 Å². The maximum Gasteiger partial charge on any atom is 0.413 e. The van der Waals surface area contributed by atoms with E-state index in [9.17, 15) is 9.59 Å². The summed E-state index contributed by atoms with van der Waals surface area (Å²) in [5, 5.41) is 6.19. The van der Waals surface area contributed by atoms with Crippen LogP contribution in [0, 0.1) is 0 Å². The number of para-hydroxylation sites is 1. The molecule has 3 aromatic rings. The van der Waals surface area contributed by atoms with Gasteiger partial charge in [0.25, 0.3) is 5.91 Å². The summed E-state index contributed by atoms with van der Waals surface area (Å²) in [6.07, 6.45) is -1.35. The van der Waals surface area contributed by atoms with Crippen molar-refractivity contribution in [3.05, 3.63) is 60.7 Å². The van der Waals surface area contributed by atoms with Gasteiger partial charge in [-0.25, -0.2) is 9.78 Å². The number of carbonyl (C=O) groups excluding carboxylic acids is 2. The van der Waals surface area contributed by atoms with Gasteiger partial charge in [-0.1, -0.05) is 59.9 Å². The van der Waals surface area contributed by atoms with Gasteiger partial charge in [0.05, 0.1) is 7.11 Å². The smallest absolute Gasteiger partial charge is 0.413 e. The molecular formula is C20H19N3O4S. The topological polar surface area (TPSA) is 89.5 Å². The van der Waals surface area contributed by atoms with Gasteiger partial charge in [0, 0.05) is 5.56 Å². The molecule has 2 aromatic carbocycles. The van der Waals surface area contributed by atoms with Crippen LogP contribution in [-0.4, -0.2) is 30.2 Å². The monoisotopic (exact) mass is 397 g/mol. The highest BCUT2D eigenvalue weighted by atomic mass is 32.1. The lowest BCUT2D eigenvalue weighted by Crippen LogP contribution is -2.30. The number of nitrogens with one attached hydrogen (secondary N) is 2. The molecule has 7 nitrogen and oxygen atoms in total. The average Bonchev–Trinajstić information content (AvgIpc) is 3.11. The highest BCUT2D eigenvalue weighted by Crippen LogP contribution is 2.36. The van der Waals surface area contributed by atoms with Crippen molar-refractivity contribution in [3.63, 3.8) is 0 Å². The minimum absolute atomic E-state index is 0.317. The molecule has 2 N–H and O–H groups in total. The fraction of sp³-hybridized carbons (Fsp3) is 0.150. The molecule has 3 rings (SSSR count). The summed E-state index contributed by atoms with van der Waals surface area (Å²) < 4.78 is 10.3. The first kappa shape index (κ1) is 19.4. The molecule has 1 heterocycles. The van der Waals surface area contributed by atoms with Gasteiger partial charge in [-0.2, -0.15) is 0 Å². The Labute approximate surface area is 166 Å². The third kappa shape index (κ3) is 4.86. The molecule has 0 saturated heterocycles. The largest absolute Gasteiger partial charge is 0.481 e. The van der Waals surface area contributed by atoms with Crippen LogP contribution in [0.5, 0.6) is 5.75 Å². The van der Waals surface area contributed by atoms with Crippen molar-refractivity contribution in [2.24, 2.45) is 0 Å². The fourth-order valence-corrected chi connectivity index (χ4v) is 3.24. The molecule has 0 fully saturated rings. The minimum atomic E-state index is -0.717. The summed E-state index contributed by atoms with van der Waals surface area (Å²) >= 11 is 1.14. The van der Waals surface area contributed by atoms with Crippen molar-refractivity contribution in [2.75, 3.05) is 17.7 Å². The summed E-state index contributed by atoms with van der Waals surface area (Å²) in [6.45, 7) is 1.67. The van der Waals surface area contributed by atoms with E-state index in [4.69, 9.17) is 4.74 Å². The van der Waals surface area contributed by atoms with E-state index in [0.29, 0.717) is 21.6 Å². The van der Waals surface area contributed by atoms with Crippen molar-refractivity contribution < 1.29 is 19.1 Å². The molecule has 144 valence electrons. The molecule has 0 saturated carbocycles. The Morgan fingerprint density at radius 3 is 2.29 bits per heavy atom. The Bertz CT molecular complexity index is 945. The third-order valence-corrected chi connectivity index (χ3v) is 4.62. The van der Waals surface area contributed by atoms with E-state index in [2.05, 4.69) is 20.4 Å². The Kier molecular flexibility index (Phi) is 6.23. The van der Waals surface area contributed by atoms with E-state index in [1.807, 2.05) is 48.5 Å². The zero-order chi connectivity index (χ0) is 19.9. The van der Waals surface area contributed by atoms with Crippen LogP contribution in [0.2, 0.25) is 0 Å². The molecule has 0 bridgehead atoms. The second-order valence-electron chi connectivity index (χ2n) is 5.74. The first-order valence-corrected chi connectivity index (χ1v) is 9.32. The van der Waals surface area contributed by atoms with Gasteiger partial charge in [-0.15, -0.1) is 0 Å². The van der Waals surface area contributed by atoms with Crippen molar-refractivity contribution in [2.45, 2.75) is 13.0 Å². The molecule has 1 unspecified atom stereocenters. The first-order chi connectivity index (χ1) is 13.6. The zero-order valence-electron chi connectivity index (χ0n) is 15.3. The molecule has 1 atom stereocenters. The second-order valence-corrected chi connectivity index (χ2v) is 6.74. The van der Waals surface area contributed by atoms with Gasteiger partial charge in [0.2, 0.25) is 0 Å². The predicted octanol–water partition coefficient (Wildman–Crippen LogP) is 4.39. The normalized spacial score (nSPS) is 11.4. The minimum Gasteiger partial charge on any atom is -0.481 e. The van der Waals surface area contributed by atoms with Crippen LogP contribution < -0.4 is 15.4 Å². The van der Waals surface area contributed by atoms with Gasteiger partial charge in [0.1, 0.15) is 16.4 Å². The molecule has 0 spiro atoms. The number of amides is 2. The zero-order valence-corrected chi connectivity index (χ0v) is 16.2. The maximum atomic E-state index is 12.6. The van der Waals surface area contributed by atoms with Gasteiger partial charge in [-0.05, 0) is 19.1 Å². The Morgan fingerprint density at radius 1 is 1.00 bits per heavy atom. The molecule has 0 radical (unpaired) electrons. The van der Waals surface area contributed by atoms with Gasteiger partial charge < -0.3 is 14.8 Å². The number of thiazole rings is 1. The summed E-state index contributed by atoms with van der Waals surface area (Å²) in [7, 11) is 1.27. The molecule has 28 heavy (non-hydrogen) atoms. The summed E-state index contributed by atoms with van der Waals surface area (Å²) in [6, 6.07) is 18.5. The number of benzene rings is 2. The van der Waals surface area contributed by atoms with E-state index in [1.54, 1.807) is 19.1 Å². The van der Waals surface area contributed by atoms with Crippen molar-refractivity contribution in [3.8, 4) is 17.0 Å². The Balaban J connectivity index is 1.81. The molecular weight excluding hydrogens is 378 g/mol. The average molecular weight is 397 g/mol. The van der Waals surface area contributed by atoms with Gasteiger partial charge in [0.15, 0.2) is 11.2 Å². The Morgan fingerprint density at radius 2 is 1.64 bits per heavy atom. The van der Waals surface area contributed by atoms with Crippen LogP contribution in [0.4, 0.5) is 14.9 Å². The number of aromatic nitrogens is 1. The van der Waals surface area contributed by atoms with Crippen LogP contribution >= 0.6 is 11.3 Å².